The molecule has 2 atom stereocenters. The first-order valence-corrected chi connectivity index (χ1v) is 5.50. The summed E-state index contributed by atoms with van der Waals surface area (Å²) < 4.78 is 0. The van der Waals surface area contributed by atoms with E-state index in [1.54, 1.807) is 18.0 Å². The Morgan fingerprint density at radius 3 is 2.64 bits per heavy atom. The molecule has 0 aliphatic rings. The molecule has 0 saturated heterocycles. The molecule has 0 aliphatic carbocycles. The van der Waals surface area contributed by atoms with E-state index in [0.29, 0.717) is 0 Å². The van der Waals surface area contributed by atoms with Gasteiger partial charge >= 0.3 is 0 Å². The molecule has 1 aromatic heterocycles. The largest absolute Gasteiger partial charge is 0.395 e. The molecule has 78 valence electrons. The summed E-state index contributed by atoms with van der Waals surface area (Å²) in [4.78, 5) is 5.30. The number of aromatic nitrogens is 1. The maximum atomic E-state index is 8.88. The van der Waals surface area contributed by atoms with Crippen molar-refractivity contribution in [2.45, 2.75) is 30.0 Å². The van der Waals surface area contributed by atoms with Crippen LogP contribution in [-0.2, 0) is 0 Å². The zero-order valence-corrected chi connectivity index (χ0v) is 9.29. The van der Waals surface area contributed by atoms with Gasteiger partial charge < -0.3 is 10.8 Å². The fraction of sp³-hybridized carbons (Fsp3) is 0.500. The molecule has 0 radical (unpaired) electrons. The van der Waals surface area contributed by atoms with Crippen molar-refractivity contribution >= 4 is 11.8 Å². The Hall–Kier alpha value is -0.580. The average molecular weight is 212 g/mol. The molecule has 1 heterocycles. The van der Waals surface area contributed by atoms with Crippen LogP contribution in [0.4, 0.5) is 0 Å². The number of hydrogen-bond acceptors (Lipinski definition) is 4. The van der Waals surface area contributed by atoms with E-state index in [1.807, 2.05) is 26.0 Å². The van der Waals surface area contributed by atoms with E-state index >= 15 is 0 Å². The van der Waals surface area contributed by atoms with Gasteiger partial charge in [0.1, 0.15) is 0 Å². The van der Waals surface area contributed by atoms with Gasteiger partial charge in [0.2, 0.25) is 0 Å². The average Bonchev–Trinajstić information content (AvgIpc) is 2.18. The summed E-state index contributed by atoms with van der Waals surface area (Å²) in [5, 5.41) is 9.08. The number of aliphatic hydroxyl groups is 1. The Bertz CT molecular complexity index is 274. The van der Waals surface area contributed by atoms with Gasteiger partial charge in [0.05, 0.1) is 12.3 Å². The molecule has 0 spiro atoms. The number of nitrogens with two attached hydrogens (primary N) is 1. The topological polar surface area (TPSA) is 59.1 Å². The Morgan fingerprint density at radius 1 is 1.50 bits per heavy atom. The molecule has 0 bridgehead atoms. The number of aliphatic hydroxyl groups excluding tert-OH is 1. The lowest BCUT2D eigenvalue weighted by Crippen LogP contribution is -2.07. The van der Waals surface area contributed by atoms with Gasteiger partial charge in [0.25, 0.3) is 0 Å². The number of nitrogens with zero attached hydrogens (tertiary/aromatic N) is 1. The Morgan fingerprint density at radius 2 is 2.21 bits per heavy atom. The molecule has 0 aliphatic heterocycles. The van der Waals surface area contributed by atoms with E-state index in [9.17, 15) is 0 Å². The minimum Gasteiger partial charge on any atom is -0.395 e. The predicted molar refractivity (Wildman–Crippen MR) is 59.2 cm³/mol. The molecule has 3 N–H and O–H groups in total. The van der Waals surface area contributed by atoms with Crippen LogP contribution in [0.25, 0.3) is 0 Å². The summed E-state index contributed by atoms with van der Waals surface area (Å²) >= 11 is 1.61. The van der Waals surface area contributed by atoms with Gasteiger partial charge in [0.15, 0.2) is 0 Å². The van der Waals surface area contributed by atoms with E-state index in [1.165, 1.54) is 0 Å². The quantitative estimate of drug-likeness (QED) is 0.744. The lowest BCUT2D eigenvalue weighted by atomic mass is 10.2. The third kappa shape index (κ3) is 3.29. The second-order valence-corrected chi connectivity index (χ2v) is 4.83. The highest BCUT2D eigenvalue weighted by Crippen LogP contribution is 2.22. The minimum atomic E-state index is -0.0238. The number of pyridine rings is 1. The van der Waals surface area contributed by atoms with Crippen LogP contribution in [0.1, 0.15) is 25.6 Å². The summed E-state index contributed by atoms with van der Waals surface area (Å²) in [5.74, 6) is 0. The summed E-state index contributed by atoms with van der Waals surface area (Å²) in [7, 11) is 0. The van der Waals surface area contributed by atoms with E-state index in [2.05, 4.69) is 4.98 Å². The normalized spacial score (nSPS) is 15.1. The number of thioether (sulfide) groups is 1. The van der Waals surface area contributed by atoms with Crippen LogP contribution in [-0.4, -0.2) is 21.9 Å². The first kappa shape index (κ1) is 11.5. The number of hydrogen-bond donors (Lipinski definition) is 2. The third-order valence-electron chi connectivity index (χ3n) is 1.82. The zero-order chi connectivity index (χ0) is 10.6. The molecule has 14 heavy (non-hydrogen) atoms. The fourth-order valence-corrected chi connectivity index (χ4v) is 1.80. The van der Waals surface area contributed by atoms with Gasteiger partial charge in [-0.15, -0.1) is 11.8 Å². The molecule has 0 aromatic carbocycles. The van der Waals surface area contributed by atoms with Gasteiger partial charge in [-0.2, -0.15) is 0 Å². The van der Waals surface area contributed by atoms with Crippen molar-refractivity contribution in [3.8, 4) is 0 Å². The first-order chi connectivity index (χ1) is 6.63. The van der Waals surface area contributed by atoms with Crippen LogP contribution >= 0.6 is 11.8 Å². The van der Waals surface area contributed by atoms with Crippen molar-refractivity contribution in [1.29, 1.82) is 0 Å². The summed E-state index contributed by atoms with van der Waals surface area (Å²) in [6, 6.07) is 3.89. The highest BCUT2D eigenvalue weighted by Gasteiger charge is 2.04. The van der Waals surface area contributed by atoms with Crippen molar-refractivity contribution in [2.24, 2.45) is 5.73 Å². The Kier molecular flexibility index (Phi) is 4.38. The van der Waals surface area contributed by atoms with Crippen molar-refractivity contribution in [2.75, 3.05) is 6.61 Å². The van der Waals surface area contributed by atoms with Crippen LogP contribution in [0.5, 0.6) is 0 Å². The fourth-order valence-electron chi connectivity index (χ4n) is 1.00. The zero-order valence-electron chi connectivity index (χ0n) is 8.47. The standard InChI is InChI=1S/C10H16N2OS/c1-7(6-13)14-9-3-4-10(8(2)11)12-5-9/h3-5,7-8,13H,6,11H2,1-2H3. The smallest absolute Gasteiger partial charge is 0.0569 e. The van der Waals surface area contributed by atoms with E-state index in [-0.39, 0.29) is 17.9 Å². The summed E-state index contributed by atoms with van der Waals surface area (Å²) in [5.41, 5.74) is 6.58. The van der Waals surface area contributed by atoms with Crippen molar-refractivity contribution < 1.29 is 5.11 Å². The highest BCUT2D eigenvalue weighted by atomic mass is 32.2. The molecule has 1 rings (SSSR count). The molecule has 4 heteroatoms. The monoisotopic (exact) mass is 212 g/mol. The second-order valence-electron chi connectivity index (χ2n) is 3.32. The first-order valence-electron chi connectivity index (χ1n) is 4.62. The van der Waals surface area contributed by atoms with Crippen molar-refractivity contribution in [3.63, 3.8) is 0 Å². The van der Waals surface area contributed by atoms with Gasteiger partial charge in [0, 0.05) is 22.4 Å². The molecular weight excluding hydrogens is 196 g/mol. The molecule has 2 unspecified atom stereocenters. The highest BCUT2D eigenvalue weighted by molar-refractivity contribution is 8.00. The summed E-state index contributed by atoms with van der Waals surface area (Å²) in [6.07, 6.45) is 1.80. The van der Waals surface area contributed by atoms with Crippen LogP contribution in [0.3, 0.4) is 0 Å². The van der Waals surface area contributed by atoms with Crippen LogP contribution in [0, 0.1) is 0 Å². The molecular formula is C10H16N2OS. The lowest BCUT2D eigenvalue weighted by molar-refractivity contribution is 0.300. The number of rotatable bonds is 4. The van der Waals surface area contributed by atoms with Gasteiger partial charge in [-0.1, -0.05) is 6.92 Å². The van der Waals surface area contributed by atoms with Crippen LogP contribution in [0.15, 0.2) is 23.2 Å². The third-order valence-corrected chi connectivity index (χ3v) is 2.89. The van der Waals surface area contributed by atoms with Crippen molar-refractivity contribution in [3.05, 3.63) is 24.0 Å². The van der Waals surface area contributed by atoms with Gasteiger partial charge in [-0.3, -0.25) is 4.98 Å². The van der Waals surface area contributed by atoms with E-state index < -0.39 is 0 Å². The van der Waals surface area contributed by atoms with Gasteiger partial charge in [-0.25, -0.2) is 0 Å². The molecule has 1 aromatic rings. The molecule has 0 saturated carbocycles. The lowest BCUT2D eigenvalue weighted by Gasteiger charge is -2.08. The van der Waals surface area contributed by atoms with Gasteiger partial charge in [-0.05, 0) is 19.1 Å². The van der Waals surface area contributed by atoms with E-state index in [4.69, 9.17) is 10.8 Å². The summed E-state index contributed by atoms with van der Waals surface area (Å²) in [6.45, 7) is 4.06. The second kappa shape index (κ2) is 5.34. The minimum absolute atomic E-state index is 0.0238. The maximum absolute atomic E-state index is 8.88. The maximum Gasteiger partial charge on any atom is 0.0569 e. The van der Waals surface area contributed by atoms with Crippen LogP contribution < -0.4 is 5.73 Å². The molecule has 0 fully saturated rings. The Balaban J connectivity index is 2.64. The van der Waals surface area contributed by atoms with Crippen molar-refractivity contribution in [1.82, 2.24) is 4.98 Å². The SMILES string of the molecule is CC(CO)Sc1ccc(C(C)N)nc1. The molecule has 0 amide bonds. The molecule has 3 nitrogen and oxygen atoms in total. The van der Waals surface area contributed by atoms with Crippen LogP contribution in [0.2, 0.25) is 0 Å². The Labute approximate surface area is 88.7 Å². The van der Waals surface area contributed by atoms with E-state index in [0.717, 1.165) is 10.6 Å². The predicted octanol–water partition coefficient (Wildman–Crippen LogP) is 1.57.